The topological polar surface area (TPSA) is 29.5 Å². The van der Waals surface area contributed by atoms with Crippen molar-refractivity contribution >= 4 is 13.4 Å². The highest BCUT2D eigenvalue weighted by Gasteiger charge is 2.25. The lowest BCUT2D eigenvalue weighted by Crippen LogP contribution is -2.40. The number of rotatable bonds is 2. The Labute approximate surface area is 74.3 Å². The molecule has 12 heavy (non-hydrogen) atoms. The summed E-state index contributed by atoms with van der Waals surface area (Å²) in [4.78, 5) is 13.3. The Morgan fingerprint density at radius 2 is 2.42 bits per heavy atom. The van der Waals surface area contributed by atoms with Crippen LogP contribution < -0.4 is 0 Å². The summed E-state index contributed by atoms with van der Waals surface area (Å²) in [6.07, 6.45) is 2.06. The maximum atomic E-state index is 11.2. The first-order valence-corrected chi connectivity index (χ1v) is 4.39. The van der Waals surface area contributed by atoms with E-state index in [0.29, 0.717) is 0 Å². The minimum Gasteiger partial charge on any atom is -0.469 e. The molecule has 0 aliphatic carbocycles. The van der Waals surface area contributed by atoms with Gasteiger partial charge in [-0.15, -0.1) is 0 Å². The molecule has 0 saturated carbocycles. The van der Waals surface area contributed by atoms with Crippen LogP contribution in [0, 0.1) is 5.92 Å². The first-order chi connectivity index (χ1) is 5.77. The Morgan fingerprint density at radius 3 is 3.00 bits per heavy atom. The fourth-order valence-electron chi connectivity index (χ4n) is 1.60. The van der Waals surface area contributed by atoms with Crippen molar-refractivity contribution < 1.29 is 9.53 Å². The van der Waals surface area contributed by atoms with Crippen LogP contribution in [0.25, 0.3) is 0 Å². The van der Waals surface area contributed by atoms with Crippen LogP contribution in [0.1, 0.15) is 12.8 Å². The van der Waals surface area contributed by atoms with Crippen LogP contribution in [0.5, 0.6) is 0 Å². The zero-order valence-corrected chi connectivity index (χ0v) is 7.75. The average Bonchev–Trinajstić information content (AvgIpc) is 2.17. The summed E-state index contributed by atoms with van der Waals surface area (Å²) in [5.41, 5.74) is 0. The molecule has 1 saturated heterocycles. The predicted octanol–water partition coefficient (Wildman–Crippen LogP) is 0.539. The van der Waals surface area contributed by atoms with Crippen LogP contribution in [0.4, 0.5) is 0 Å². The number of ether oxygens (including phenoxy) is 1. The fraction of sp³-hybridized carbons (Fsp3) is 0.875. The van der Waals surface area contributed by atoms with Crippen LogP contribution in [0.2, 0.25) is 6.82 Å². The molecule has 0 aromatic carbocycles. The van der Waals surface area contributed by atoms with Crippen molar-refractivity contribution in [1.82, 2.24) is 4.81 Å². The van der Waals surface area contributed by atoms with E-state index in [1.165, 1.54) is 7.11 Å². The molecular formula is C8H15BNO2. The highest BCUT2D eigenvalue weighted by Crippen LogP contribution is 2.16. The predicted molar refractivity (Wildman–Crippen MR) is 47.9 cm³/mol. The van der Waals surface area contributed by atoms with E-state index in [-0.39, 0.29) is 11.9 Å². The summed E-state index contributed by atoms with van der Waals surface area (Å²) in [5, 5.41) is 0. The zero-order valence-electron chi connectivity index (χ0n) is 7.75. The van der Waals surface area contributed by atoms with Crippen LogP contribution >= 0.6 is 0 Å². The van der Waals surface area contributed by atoms with Crippen molar-refractivity contribution in [3.05, 3.63) is 0 Å². The van der Waals surface area contributed by atoms with Crippen molar-refractivity contribution in [2.45, 2.75) is 19.7 Å². The van der Waals surface area contributed by atoms with Crippen LogP contribution in [-0.2, 0) is 9.53 Å². The molecular weight excluding hydrogens is 153 g/mol. The van der Waals surface area contributed by atoms with Crippen LogP contribution in [0.15, 0.2) is 0 Å². The van der Waals surface area contributed by atoms with Gasteiger partial charge in [0.05, 0.1) is 13.0 Å². The molecule has 1 unspecified atom stereocenters. The largest absolute Gasteiger partial charge is 0.469 e. The third-order valence-corrected chi connectivity index (χ3v) is 2.35. The molecule has 3 nitrogen and oxygen atoms in total. The van der Waals surface area contributed by atoms with Gasteiger partial charge >= 0.3 is 5.97 Å². The van der Waals surface area contributed by atoms with Gasteiger partial charge in [0, 0.05) is 6.54 Å². The van der Waals surface area contributed by atoms with Gasteiger partial charge < -0.3 is 9.55 Å². The van der Waals surface area contributed by atoms with E-state index in [2.05, 4.69) is 4.81 Å². The van der Waals surface area contributed by atoms with Gasteiger partial charge in [0.15, 0.2) is 0 Å². The normalized spacial score (nSPS) is 25.0. The Morgan fingerprint density at radius 1 is 1.67 bits per heavy atom. The highest BCUT2D eigenvalue weighted by atomic mass is 16.5. The lowest BCUT2D eigenvalue weighted by atomic mass is 9.88. The van der Waals surface area contributed by atoms with Crippen molar-refractivity contribution in [3.8, 4) is 0 Å². The van der Waals surface area contributed by atoms with E-state index < -0.39 is 0 Å². The second kappa shape index (κ2) is 4.50. The molecule has 1 heterocycles. The highest BCUT2D eigenvalue weighted by molar-refractivity contribution is 6.29. The quantitative estimate of drug-likeness (QED) is 0.445. The Bertz CT molecular complexity index is 163. The molecule has 0 amide bonds. The first-order valence-electron chi connectivity index (χ1n) is 4.39. The van der Waals surface area contributed by atoms with Gasteiger partial charge in [-0.25, -0.2) is 0 Å². The smallest absolute Gasteiger partial charge is 0.309 e. The van der Waals surface area contributed by atoms with Gasteiger partial charge in [0.1, 0.15) is 0 Å². The van der Waals surface area contributed by atoms with Crippen molar-refractivity contribution in [2.75, 3.05) is 20.2 Å². The molecule has 67 valence electrons. The molecule has 0 aromatic heterocycles. The van der Waals surface area contributed by atoms with Crippen LogP contribution in [0.3, 0.4) is 0 Å². The summed E-state index contributed by atoms with van der Waals surface area (Å²) >= 11 is 0. The third-order valence-electron chi connectivity index (χ3n) is 2.35. The number of carbonyl (C=O) groups is 1. The second-order valence-corrected chi connectivity index (χ2v) is 3.12. The molecule has 0 N–H and O–H groups in total. The lowest BCUT2D eigenvalue weighted by molar-refractivity contribution is -0.146. The van der Waals surface area contributed by atoms with E-state index in [1.807, 2.05) is 14.2 Å². The second-order valence-electron chi connectivity index (χ2n) is 3.12. The SMILES string of the molecule is C[B]N1CCCC(C(=O)OC)C1. The molecule has 0 bridgehead atoms. The molecule has 0 spiro atoms. The van der Waals surface area contributed by atoms with E-state index in [1.54, 1.807) is 0 Å². The van der Waals surface area contributed by atoms with Gasteiger partial charge in [0.25, 0.3) is 0 Å². The summed E-state index contributed by atoms with van der Waals surface area (Å²) in [5.74, 6) is 0.0153. The third kappa shape index (κ3) is 2.24. The lowest BCUT2D eigenvalue weighted by Gasteiger charge is -2.30. The molecule has 1 atom stereocenters. The Hall–Kier alpha value is -0.505. The summed E-state index contributed by atoms with van der Waals surface area (Å²) in [6.45, 7) is 3.90. The van der Waals surface area contributed by atoms with E-state index in [4.69, 9.17) is 4.74 Å². The van der Waals surface area contributed by atoms with Gasteiger partial charge in [-0.3, -0.25) is 4.79 Å². The summed E-state index contributed by atoms with van der Waals surface area (Å²) < 4.78 is 4.70. The molecule has 1 rings (SSSR count). The minimum absolute atomic E-state index is 0.0680. The fourth-order valence-corrected chi connectivity index (χ4v) is 1.60. The van der Waals surface area contributed by atoms with E-state index in [0.717, 1.165) is 25.9 Å². The van der Waals surface area contributed by atoms with Crippen molar-refractivity contribution in [2.24, 2.45) is 5.92 Å². The molecule has 0 aromatic rings. The minimum atomic E-state index is -0.0680. The Balaban J connectivity index is 2.40. The summed E-state index contributed by atoms with van der Waals surface area (Å²) in [7, 11) is 3.49. The number of hydrogen-bond acceptors (Lipinski definition) is 3. The van der Waals surface area contributed by atoms with Gasteiger partial charge in [-0.05, 0) is 19.4 Å². The molecule has 1 fully saturated rings. The maximum absolute atomic E-state index is 11.2. The monoisotopic (exact) mass is 168 g/mol. The number of piperidine rings is 1. The standard InChI is InChI=1S/C8H15BNO2/c1-9-10-5-3-4-7(6-10)8(11)12-2/h7H,3-6H2,1-2H3. The number of carbonyl (C=O) groups excluding carboxylic acids is 1. The number of hydrogen-bond donors (Lipinski definition) is 0. The molecule has 1 aliphatic heterocycles. The zero-order chi connectivity index (χ0) is 8.97. The number of methoxy groups -OCH3 is 1. The van der Waals surface area contributed by atoms with Crippen molar-refractivity contribution in [1.29, 1.82) is 0 Å². The number of esters is 1. The molecule has 1 aliphatic rings. The number of nitrogens with zero attached hydrogens (tertiary/aromatic N) is 1. The molecule has 1 radical (unpaired) electrons. The van der Waals surface area contributed by atoms with E-state index in [9.17, 15) is 4.79 Å². The van der Waals surface area contributed by atoms with Gasteiger partial charge in [-0.2, -0.15) is 0 Å². The van der Waals surface area contributed by atoms with Gasteiger partial charge in [-0.1, -0.05) is 6.82 Å². The molecule has 4 heteroatoms. The maximum Gasteiger partial charge on any atom is 0.309 e. The first kappa shape index (κ1) is 9.58. The van der Waals surface area contributed by atoms with E-state index >= 15 is 0 Å². The average molecular weight is 168 g/mol. The van der Waals surface area contributed by atoms with Crippen molar-refractivity contribution in [3.63, 3.8) is 0 Å². The van der Waals surface area contributed by atoms with Gasteiger partial charge in [0.2, 0.25) is 7.41 Å². The van der Waals surface area contributed by atoms with Crippen LogP contribution in [-0.4, -0.2) is 38.4 Å². The summed E-state index contributed by atoms with van der Waals surface area (Å²) in [6, 6.07) is 0. The Kier molecular flexibility index (Phi) is 3.60.